The van der Waals surface area contributed by atoms with Gasteiger partial charge in [-0.1, -0.05) is 24.3 Å². The van der Waals surface area contributed by atoms with E-state index in [1.165, 1.54) is 14.0 Å². The molecule has 9 heteroatoms. The van der Waals surface area contributed by atoms with Crippen LogP contribution in [0.3, 0.4) is 0 Å². The maximum absolute atomic E-state index is 13.7. The number of hydrogen-bond donors (Lipinski definition) is 3. The van der Waals surface area contributed by atoms with E-state index in [9.17, 15) is 23.2 Å². The maximum Gasteiger partial charge on any atom is 0.326 e. The summed E-state index contributed by atoms with van der Waals surface area (Å²) in [6.07, 6.45) is 0. The van der Waals surface area contributed by atoms with E-state index in [1.807, 2.05) is 0 Å². The summed E-state index contributed by atoms with van der Waals surface area (Å²) in [6.45, 7) is 1.43. The van der Waals surface area contributed by atoms with Crippen molar-refractivity contribution in [1.82, 2.24) is 4.90 Å². The van der Waals surface area contributed by atoms with E-state index in [-0.39, 0.29) is 5.69 Å². The number of nitrogens with one attached hydrogen (secondary N) is 2. The van der Waals surface area contributed by atoms with Crippen molar-refractivity contribution in [3.05, 3.63) is 83.9 Å². The summed E-state index contributed by atoms with van der Waals surface area (Å²) in [5.41, 5.74) is 2.29. The number of benzene rings is 3. The summed E-state index contributed by atoms with van der Waals surface area (Å²) in [5.74, 6) is -3.12. The third kappa shape index (κ3) is 5.70. The van der Waals surface area contributed by atoms with Crippen molar-refractivity contribution in [2.45, 2.75) is 13.0 Å². The largest absolute Gasteiger partial charge is 0.480 e. The summed E-state index contributed by atoms with van der Waals surface area (Å²) in [5, 5.41) is 13.9. The topological polar surface area (TPSA) is 98.7 Å². The first kappa shape index (κ1) is 23.4. The standard InChI is InChI=1S/C24H21F2N3O4/c1-14(23(31)32)29(2)22(30)17-5-3-15(4-6-17)16-7-10-19(11-8-16)27-24(33)28-21-12-9-18(25)13-20(21)26/h3-14H,1-2H3,(H,31,32)(H2,27,28,33)/t14-/m0/s1. The zero-order chi connectivity index (χ0) is 24.1. The van der Waals surface area contributed by atoms with Crippen molar-refractivity contribution < 1.29 is 28.3 Å². The first-order chi connectivity index (χ1) is 15.7. The number of halogens is 2. The Hall–Kier alpha value is -4.27. The minimum Gasteiger partial charge on any atom is -0.480 e. The lowest BCUT2D eigenvalue weighted by atomic mass is 10.0. The second-order valence-electron chi connectivity index (χ2n) is 7.29. The summed E-state index contributed by atoms with van der Waals surface area (Å²) in [6, 6.07) is 14.7. The average Bonchev–Trinajstić information content (AvgIpc) is 2.80. The lowest BCUT2D eigenvalue weighted by Crippen LogP contribution is -2.40. The molecular weight excluding hydrogens is 432 g/mol. The van der Waals surface area contributed by atoms with Gasteiger partial charge in [-0.2, -0.15) is 0 Å². The third-order valence-electron chi connectivity index (χ3n) is 5.05. The number of urea groups is 1. The van der Waals surface area contributed by atoms with Crippen LogP contribution in [0.4, 0.5) is 25.0 Å². The van der Waals surface area contributed by atoms with Gasteiger partial charge in [0.2, 0.25) is 0 Å². The molecule has 3 aromatic carbocycles. The number of carboxylic acid groups (broad SMARTS) is 1. The predicted octanol–water partition coefficient (Wildman–Crippen LogP) is 4.82. The molecule has 0 aliphatic heterocycles. The average molecular weight is 453 g/mol. The van der Waals surface area contributed by atoms with E-state index >= 15 is 0 Å². The Labute approximate surface area is 188 Å². The molecule has 0 aliphatic rings. The summed E-state index contributed by atoms with van der Waals surface area (Å²) >= 11 is 0. The van der Waals surface area contributed by atoms with Crippen LogP contribution in [0.2, 0.25) is 0 Å². The van der Waals surface area contributed by atoms with Gasteiger partial charge in [-0.3, -0.25) is 4.79 Å². The molecule has 1 atom stereocenters. The number of carbonyl (C=O) groups is 3. The molecule has 7 nitrogen and oxygen atoms in total. The molecule has 3 aromatic rings. The van der Waals surface area contributed by atoms with Crippen LogP contribution in [0.15, 0.2) is 66.7 Å². The number of anilines is 2. The third-order valence-corrected chi connectivity index (χ3v) is 5.05. The Morgan fingerprint density at radius 3 is 2.00 bits per heavy atom. The highest BCUT2D eigenvalue weighted by molar-refractivity contribution is 6.00. The second-order valence-corrected chi connectivity index (χ2v) is 7.29. The fourth-order valence-corrected chi connectivity index (χ4v) is 2.97. The molecule has 0 bridgehead atoms. The Balaban J connectivity index is 1.64. The molecule has 3 amide bonds. The summed E-state index contributed by atoms with van der Waals surface area (Å²) in [4.78, 5) is 36.7. The van der Waals surface area contributed by atoms with E-state index in [0.717, 1.165) is 28.2 Å². The Bertz CT molecular complexity index is 1180. The Morgan fingerprint density at radius 1 is 0.879 bits per heavy atom. The molecule has 33 heavy (non-hydrogen) atoms. The van der Waals surface area contributed by atoms with Crippen LogP contribution in [0.1, 0.15) is 17.3 Å². The van der Waals surface area contributed by atoms with E-state index in [1.54, 1.807) is 48.5 Å². The lowest BCUT2D eigenvalue weighted by Gasteiger charge is -2.21. The molecule has 0 fully saturated rings. The quantitative estimate of drug-likeness (QED) is 0.498. The lowest BCUT2D eigenvalue weighted by molar-refractivity contribution is -0.141. The van der Waals surface area contributed by atoms with Gasteiger partial charge in [-0.05, 0) is 54.4 Å². The van der Waals surface area contributed by atoms with Gasteiger partial charge >= 0.3 is 12.0 Å². The Morgan fingerprint density at radius 2 is 1.45 bits per heavy atom. The number of carbonyl (C=O) groups excluding carboxylic acids is 2. The van der Waals surface area contributed by atoms with E-state index in [2.05, 4.69) is 10.6 Å². The van der Waals surface area contributed by atoms with Crippen LogP contribution in [0.25, 0.3) is 11.1 Å². The van der Waals surface area contributed by atoms with Crippen LogP contribution < -0.4 is 10.6 Å². The zero-order valence-corrected chi connectivity index (χ0v) is 17.8. The van der Waals surface area contributed by atoms with Gasteiger partial charge in [0.05, 0.1) is 5.69 Å². The van der Waals surface area contributed by atoms with Gasteiger partial charge in [0.1, 0.15) is 17.7 Å². The van der Waals surface area contributed by atoms with E-state index in [4.69, 9.17) is 5.11 Å². The molecular formula is C24H21F2N3O4. The normalized spacial score (nSPS) is 11.4. The van der Waals surface area contributed by atoms with Crippen LogP contribution in [0.5, 0.6) is 0 Å². The Kier molecular flexibility index (Phi) is 7.02. The molecule has 3 rings (SSSR count). The van der Waals surface area contributed by atoms with Crippen molar-refractivity contribution in [2.24, 2.45) is 0 Å². The number of amides is 3. The second kappa shape index (κ2) is 9.90. The minimum absolute atomic E-state index is 0.149. The highest BCUT2D eigenvalue weighted by atomic mass is 19.1. The number of nitrogens with zero attached hydrogens (tertiary/aromatic N) is 1. The summed E-state index contributed by atoms with van der Waals surface area (Å²) < 4.78 is 26.6. The SMILES string of the molecule is C[C@@H](C(=O)O)N(C)C(=O)c1ccc(-c2ccc(NC(=O)Nc3ccc(F)cc3F)cc2)cc1. The number of aliphatic carboxylic acids is 1. The minimum atomic E-state index is -1.09. The van der Waals surface area contributed by atoms with Crippen LogP contribution in [-0.2, 0) is 4.79 Å². The fourth-order valence-electron chi connectivity index (χ4n) is 2.97. The first-order valence-electron chi connectivity index (χ1n) is 9.89. The molecule has 170 valence electrons. The molecule has 0 spiro atoms. The van der Waals surface area contributed by atoms with Crippen LogP contribution in [-0.4, -0.2) is 41.0 Å². The molecule has 0 aromatic heterocycles. The van der Waals surface area contributed by atoms with E-state index < -0.39 is 35.6 Å². The predicted molar refractivity (Wildman–Crippen MR) is 120 cm³/mol. The summed E-state index contributed by atoms with van der Waals surface area (Å²) in [7, 11) is 1.43. The highest BCUT2D eigenvalue weighted by Crippen LogP contribution is 2.23. The first-order valence-corrected chi connectivity index (χ1v) is 9.89. The molecule has 0 aliphatic carbocycles. The van der Waals surface area contributed by atoms with Gasteiger partial charge in [0.25, 0.3) is 5.91 Å². The van der Waals surface area contributed by atoms with E-state index in [0.29, 0.717) is 17.3 Å². The molecule has 3 N–H and O–H groups in total. The monoisotopic (exact) mass is 453 g/mol. The van der Waals surface area contributed by atoms with Crippen molar-refractivity contribution in [1.29, 1.82) is 0 Å². The molecule has 0 saturated heterocycles. The van der Waals surface area contributed by atoms with Crippen molar-refractivity contribution in [3.63, 3.8) is 0 Å². The van der Waals surface area contributed by atoms with Crippen LogP contribution >= 0.6 is 0 Å². The zero-order valence-electron chi connectivity index (χ0n) is 17.8. The highest BCUT2D eigenvalue weighted by Gasteiger charge is 2.22. The molecule has 0 unspecified atom stereocenters. The van der Waals surface area contributed by atoms with Crippen molar-refractivity contribution in [3.8, 4) is 11.1 Å². The number of hydrogen-bond acceptors (Lipinski definition) is 3. The number of rotatable bonds is 6. The smallest absolute Gasteiger partial charge is 0.326 e. The van der Waals surface area contributed by atoms with Gasteiger partial charge < -0.3 is 20.6 Å². The van der Waals surface area contributed by atoms with Gasteiger partial charge in [0.15, 0.2) is 0 Å². The fraction of sp³-hybridized carbons (Fsp3) is 0.125. The molecule has 0 radical (unpaired) electrons. The van der Waals surface area contributed by atoms with Gasteiger partial charge in [-0.15, -0.1) is 0 Å². The molecule has 0 saturated carbocycles. The van der Waals surface area contributed by atoms with Gasteiger partial charge in [0, 0.05) is 24.4 Å². The number of carboxylic acids is 1. The van der Waals surface area contributed by atoms with Crippen molar-refractivity contribution in [2.75, 3.05) is 17.7 Å². The molecule has 0 heterocycles. The number of likely N-dealkylation sites (N-methyl/N-ethyl adjacent to an activating group) is 1. The maximum atomic E-state index is 13.7. The van der Waals surface area contributed by atoms with Crippen molar-refractivity contribution >= 4 is 29.3 Å². The van der Waals surface area contributed by atoms with Gasteiger partial charge in [-0.25, -0.2) is 18.4 Å². The van der Waals surface area contributed by atoms with Crippen LogP contribution in [0, 0.1) is 11.6 Å².